The second-order valence-corrected chi connectivity index (χ2v) is 7.81. The zero-order valence-electron chi connectivity index (χ0n) is 19.4. The summed E-state index contributed by atoms with van der Waals surface area (Å²) in [6, 6.07) is 13.7. The molecule has 0 radical (unpaired) electrons. The first-order valence-electron chi connectivity index (χ1n) is 10.6. The van der Waals surface area contributed by atoms with Crippen molar-refractivity contribution < 1.29 is 14.4 Å². The zero-order valence-corrected chi connectivity index (χ0v) is 19.4. The quantitative estimate of drug-likeness (QED) is 0.282. The van der Waals surface area contributed by atoms with Crippen molar-refractivity contribution in [3.05, 3.63) is 103 Å². The minimum Gasteiger partial charge on any atom is -0.497 e. The van der Waals surface area contributed by atoms with Crippen LogP contribution in [0.25, 0.3) is 11.3 Å². The smallest absolute Gasteiger partial charge is 0.358 e. The van der Waals surface area contributed by atoms with E-state index in [9.17, 15) is 19.7 Å². The molecule has 0 saturated heterocycles. The lowest BCUT2D eigenvalue weighted by atomic mass is 10.1. The van der Waals surface area contributed by atoms with Gasteiger partial charge in [0.25, 0.3) is 0 Å². The molecular weight excluding hydrogens is 454 g/mol. The molecule has 0 aliphatic heterocycles. The predicted octanol–water partition coefficient (Wildman–Crippen LogP) is 2.43. The molecule has 0 amide bonds. The summed E-state index contributed by atoms with van der Waals surface area (Å²) >= 11 is 0. The summed E-state index contributed by atoms with van der Waals surface area (Å²) in [6.07, 6.45) is 2.92. The molecule has 0 spiro atoms. The van der Waals surface area contributed by atoms with Crippen LogP contribution in [0.15, 0.2) is 70.5 Å². The van der Waals surface area contributed by atoms with E-state index in [1.165, 1.54) is 28.8 Å². The van der Waals surface area contributed by atoms with Gasteiger partial charge in [0, 0.05) is 18.8 Å². The van der Waals surface area contributed by atoms with Gasteiger partial charge in [-0.25, -0.2) is 9.36 Å². The zero-order chi connectivity index (χ0) is 25.1. The van der Waals surface area contributed by atoms with Crippen molar-refractivity contribution in [2.45, 2.75) is 13.1 Å². The summed E-state index contributed by atoms with van der Waals surface area (Å²) in [6.45, 7) is -0.144. The van der Waals surface area contributed by atoms with Crippen molar-refractivity contribution in [3.8, 4) is 22.8 Å². The van der Waals surface area contributed by atoms with Gasteiger partial charge in [-0.3, -0.25) is 24.2 Å². The molecule has 4 rings (SSSR count). The van der Waals surface area contributed by atoms with Gasteiger partial charge >= 0.3 is 16.9 Å². The van der Waals surface area contributed by atoms with E-state index < -0.39 is 21.9 Å². The Morgan fingerprint density at radius 2 is 1.40 bits per heavy atom. The monoisotopic (exact) mass is 477 g/mol. The Kier molecular flexibility index (Phi) is 6.49. The van der Waals surface area contributed by atoms with Gasteiger partial charge in [0.1, 0.15) is 17.2 Å². The molecule has 0 fully saturated rings. The predicted molar refractivity (Wildman–Crippen MR) is 128 cm³/mol. The summed E-state index contributed by atoms with van der Waals surface area (Å²) < 4.78 is 13.9. The topological polar surface area (TPSA) is 123 Å². The maximum atomic E-state index is 13.6. The van der Waals surface area contributed by atoms with Crippen LogP contribution in [-0.4, -0.2) is 38.1 Å². The van der Waals surface area contributed by atoms with Gasteiger partial charge in [-0.2, -0.15) is 5.10 Å². The van der Waals surface area contributed by atoms with Crippen molar-refractivity contribution in [3.63, 3.8) is 0 Å². The van der Waals surface area contributed by atoms with Crippen molar-refractivity contribution in [2.75, 3.05) is 14.2 Å². The van der Waals surface area contributed by atoms with Crippen molar-refractivity contribution in [2.24, 2.45) is 7.05 Å². The van der Waals surface area contributed by atoms with E-state index in [0.29, 0.717) is 28.2 Å². The summed E-state index contributed by atoms with van der Waals surface area (Å²) in [5.74, 6) is 1.24. The molecule has 2 aromatic heterocycles. The van der Waals surface area contributed by atoms with E-state index in [1.807, 2.05) is 0 Å². The molecule has 0 N–H and O–H groups in total. The minimum absolute atomic E-state index is 0.00319. The van der Waals surface area contributed by atoms with E-state index in [1.54, 1.807) is 62.7 Å². The number of nitro groups is 1. The Balaban J connectivity index is 1.94. The van der Waals surface area contributed by atoms with Crippen LogP contribution in [0.1, 0.15) is 11.1 Å². The van der Waals surface area contributed by atoms with Gasteiger partial charge in [0.2, 0.25) is 0 Å². The fourth-order valence-corrected chi connectivity index (χ4v) is 3.80. The third kappa shape index (κ3) is 4.69. The third-order valence-corrected chi connectivity index (χ3v) is 5.56. The Hall–Kier alpha value is -4.67. The van der Waals surface area contributed by atoms with Gasteiger partial charge in [-0.1, -0.05) is 24.3 Å². The number of hydrogen-bond donors (Lipinski definition) is 0. The van der Waals surface area contributed by atoms with Gasteiger partial charge in [0.05, 0.1) is 38.4 Å². The van der Waals surface area contributed by atoms with Crippen LogP contribution >= 0.6 is 0 Å². The number of hydrogen-bond acceptors (Lipinski definition) is 7. The minimum atomic E-state index is -0.986. The highest BCUT2D eigenvalue weighted by Gasteiger charge is 2.30. The summed E-state index contributed by atoms with van der Waals surface area (Å²) in [5.41, 5.74) is -0.851. The van der Waals surface area contributed by atoms with Crippen molar-refractivity contribution >= 4 is 5.69 Å². The molecule has 180 valence electrons. The molecule has 2 heterocycles. The van der Waals surface area contributed by atoms with E-state index in [2.05, 4.69) is 5.10 Å². The molecule has 0 aliphatic rings. The van der Waals surface area contributed by atoms with Crippen LogP contribution in [0, 0.1) is 10.1 Å². The highest BCUT2D eigenvalue weighted by atomic mass is 16.6. The largest absolute Gasteiger partial charge is 0.497 e. The average Bonchev–Trinajstić information content (AvgIpc) is 3.29. The number of benzene rings is 2. The first-order chi connectivity index (χ1) is 16.8. The lowest BCUT2D eigenvalue weighted by Crippen LogP contribution is -2.42. The molecule has 0 atom stereocenters. The van der Waals surface area contributed by atoms with Gasteiger partial charge < -0.3 is 9.47 Å². The number of aromatic nitrogens is 4. The van der Waals surface area contributed by atoms with Crippen molar-refractivity contribution in [1.82, 2.24) is 18.9 Å². The highest BCUT2D eigenvalue weighted by molar-refractivity contribution is 5.68. The van der Waals surface area contributed by atoms with Crippen LogP contribution < -0.4 is 20.7 Å². The molecule has 0 saturated carbocycles. The molecule has 0 bridgehead atoms. The Morgan fingerprint density at radius 3 is 1.83 bits per heavy atom. The Bertz CT molecular complexity index is 1480. The van der Waals surface area contributed by atoms with Crippen LogP contribution in [0.4, 0.5) is 5.69 Å². The molecule has 11 heteroatoms. The molecule has 11 nitrogen and oxygen atoms in total. The lowest BCUT2D eigenvalue weighted by molar-refractivity contribution is -0.386. The summed E-state index contributed by atoms with van der Waals surface area (Å²) in [5, 5.41) is 16.2. The van der Waals surface area contributed by atoms with E-state index in [-0.39, 0.29) is 18.8 Å². The Labute approximate surface area is 199 Å². The first-order valence-corrected chi connectivity index (χ1v) is 10.6. The summed E-state index contributed by atoms with van der Waals surface area (Å²) in [4.78, 5) is 38.3. The van der Waals surface area contributed by atoms with Crippen LogP contribution in [-0.2, 0) is 20.1 Å². The first kappa shape index (κ1) is 23.5. The van der Waals surface area contributed by atoms with Crippen LogP contribution in [0.3, 0.4) is 0 Å². The standard InChI is InChI=1S/C24H23N5O6/c1-26-15-18(12-25-26)21-22(29(32)33)23(30)28(14-17-6-10-20(35-3)11-7-17)24(31)27(21)13-16-4-8-19(34-2)9-5-16/h4-12,15H,13-14H2,1-3H3. The maximum absolute atomic E-state index is 13.6. The molecule has 0 unspecified atom stereocenters. The number of nitrogens with zero attached hydrogens (tertiary/aromatic N) is 5. The highest BCUT2D eigenvalue weighted by Crippen LogP contribution is 2.26. The number of ether oxygens (including phenoxy) is 2. The molecule has 35 heavy (non-hydrogen) atoms. The summed E-state index contributed by atoms with van der Waals surface area (Å²) in [7, 11) is 4.71. The molecule has 4 aromatic rings. The van der Waals surface area contributed by atoms with Gasteiger partial charge in [-0.05, 0) is 35.4 Å². The average molecular weight is 477 g/mol. The second kappa shape index (κ2) is 9.67. The number of aryl methyl sites for hydroxylation is 1. The van der Waals surface area contributed by atoms with Crippen LogP contribution in [0.2, 0.25) is 0 Å². The van der Waals surface area contributed by atoms with Crippen molar-refractivity contribution in [1.29, 1.82) is 0 Å². The van der Waals surface area contributed by atoms with Gasteiger partial charge in [0.15, 0.2) is 0 Å². The third-order valence-electron chi connectivity index (χ3n) is 5.56. The Morgan fingerprint density at radius 1 is 0.886 bits per heavy atom. The van der Waals surface area contributed by atoms with E-state index in [0.717, 1.165) is 4.57 Å². The maximum Gasteiger partial charge on any atom is 0.358 e. The fraction of sp³-hybridized carbons (Fsp3) is 0.208. The molecular formula is C24H23N5O6. The number of rotatable bonds is 8. The lowest BCUT2D eigenvalue weighted by Gasteiger charge is -2.16. The number of methoxy groups -OCH3 is 2. The fourth-order valence-electron chi connectivity index (χ4n) is 3.80. The SMILES string of the molecule is COc1ccc(Cn2c(-c3cnn(C)c3)c([N+](=O)[O-])c(=O)n(Cc3ccc(OC)cc3)c2=O)cc1. The van der Waals surface area contributed by atoms with Gasteiger partial charge in [-0.15, -0.1) is 0 Å². The second-order valence-electron chi connectivity index (χ2n) is 7.81. The van der Waals surface area contributed by atoms with Crippen LogP contribution in [0.5, 0.6) is 11.5 Å². The molecule has 2 aromatic carbocycles. The van der Waals surface area contributed by atoms with E-state index in [4.69, 9.17) is 9.47 Å². The molecule has 0 aliphatic carbocycles. The van der Waals surface area contributed by atoms with E-state index >= 15 is 0 Å². The normalized spacial score (nSPS) is 10.8.